The first kappa shape index (κ1) is 17.3. The summed E-state index contributed by atoms with van der Waals surface area (Å²) in [6, 6.07) is 15.6. The summed E-state index contributed by atoms with van der Waals surface area (Å²) in [4.78, 5) is 25.0. The zero-order valence-corrected chi connectivity index (χ0v) is 15.4. The quantitative estimate of drug-likeness (QED) is 0.864. The number of hydrogen-bond donors (Lipinski definition) is 2. The topological polar surface area (TPSA) is 82.0 Å². The summed E-state index contributed by atoms with van der Waals surface area (Å²) < 4.78 is 0. The summed E-state index contributed by atoms with van der Waals surface area (Å²) in [5.74, 6) is -0.360. The van der Waals surface area contributed by atoms with Gasteiger partial charge in [-0.25, -0.2) is 0 Å². The molecule has 2 amide bonds. The molecule has 0 saturated heterocycles. The highest BCUT2D eigenvalue weighted by Crippen LogP contribution is 2.38. The maximum atomic E-state index is 12.9. The van der Waals surface area contributed by atoms with Gasteiger partial charge < -0.3 is 10.6 Å². The summed E-state index contributed by atoms with van der Waals surface area (Å²) >= 11 is 0. The first-order valence-corrected chi connectivity index (χ1v) is 9.11. The Labute approximate surface area is 158 Å². The summed E-state index contributed by atoms with van der Waals surface area (Å²) in [6.45, 7) is 3.68. The molecule has 2 aliphatic rings. The van der Waals surface area contributed by atoms with Crippen molar-refractivity contribution in [1.82, 2.24) is 5.32 Å². The van der Waals surface area contributed by atoms with E-state index in [4.69, 9.17) is 0 Å². The van der Waals surface area contributed by atoms with Gasteiger partial charge in [-0.3, -0.25) is 9.59 Å². The number of aryl methyl sites for hydroxylation is 1. The Bertz CT molecular complexity index is 1000. The molecular formula is C22H21N3O2. The largest absolute Gasteiger partial charge is 0.333 e. The van der Waals surface area contributed by atoms with Gasteiger partial charge >= 0.3 is 0 Å². The van der Waals surface area contributed by atoms with E-state index in [0.29, 0.717) is 18.4 Å². The van der Waals surface area contributed by atoms with Crippen LogP contribution in [0.15, 0.2) is 42.5 Å². The fourth-order valence-electron chi connectivity index (χ4n) is 3.97. The van der Waals surface area contributed by atoms with Crippen molar-refractivity contribution >= 4 is 17.5 Å². The summed E-state index contributed by atoms with van der Waals surface area (Å²) in [5, 5.41) is 15.6. The third-order valence-electron chi connectivity index (χ3n) is 5.77. The van der Waals surface area contributed by atoms with E-state index in [0.717, 1.165) is 23.2 Å². The zero-order valence-electron chi connectivity index (χ0n) is 15.4. The molecule has 4 rings (SSSR count). The van der Waals surface area contributed by atoms with Gasteiger partial charge in [0.25, 0.3) is 5.91 Å². The molecule has 2 aromatic carbocycles. The summed E-state index contributed by atoms with van der Waals surface area (Å²) in [6.07, 6.45) is 1.85. The number of nitrogens with one attached hydrogen (secondary N) is 2. The molecule has 136 valence electrons. The second kappa shape index (κ2) is 5.95. The van der Waals surface area contributed by atoms with Crippen molar-refractivity contribution in [2.45, 2.75) is 44.1 Å². The van der Waals surface area contributed by atoms with E-state index >= 15 is 0 Å². The number of rotatable bonds is 2. The summed E-state index contributed by atoms with van der Waals surface area (Å²) in [5.41, 5.74) is 2.77. The highest BCUT2D eigenvalue weighted by atomic mass is 16.2. The Balaban J connectivity index is 1.61. The van der Waals surface area contributed by atoms with Gasteiger partial charge in [-0.05, 0) is 61.6 Å². The molecule has 0 saturated carbocycles. The standard InChI is InChI=1S/C22H21N3O2/c1-21(2)17-11-15(7-8-18(17)24-20(21)27)19(26)25-22(13-23)10-9-14-5-3-4-6-16(14)12-22/h3-8,11H,9-10,12H2,1-2H3,(H,24,27)(H,25,26). The van der Waals surface area contributed by atoms with Crippen molar-refractivity contribution in [2.24, 2.45) is 0 Å². The number of fused-ring (bicyclic) bond motifs is 2. The van der Waals surface area contributed by atoms with Gasteiger partial charge in [-0.1, -0.05) is 24.3 Å². The predicted molar refractivity (Wildman–Crippen MR) is 102 cm³/mol. The van der Waals surface area contributed by atoms with Gasteiger partial charge in [-0.15, -0.1) is 0 Å². The molecule has 5 nitrogen and oxygen atoms in total. The van der Waals surface area contributed by atoms with Crippen molar-refractivity contribution in [2.75, 3.05) is 5.32 Å². The fraction of sp³-hybridized carbons (Fsp3) is 0.318. The highest BCUT2D eigenvalue weighted by molar-refractivity contribution is 6.07. The number of nitrogens with zero attached hydrogens (tertiary/aromatic N) is 1. The lowest BCUT2D eigenvalue weighted by atomic mass is 9.78. The fourth-order valence-corrected chi connectivity index (χ4v) is 3.97. The van der Waals surface area contributed by atoms with Gasteiger partial charge in [0.15, 0.2) is 0 Å². The number of hydrogen-bond acceptors (Lipinski definition) is 3. The van der Waals surface area contributed by atoms with Crippen molar-refractivity contribution in [3.8, 4) is 6.07 Å². The molecule has 2 aromatic rings. The first-order chi connectivity index (χ1) is 12.8. The van der Waals surface area contributed by atoms with E-state index in [2.05, 4.69) is 22.8 Å². The maximum Gasteiger partial charge on any atom is 0.252 e. The van der Waals surface area contributed by atoms with Crippen LogP contribution in [0, 0.1) is 11.3 Å². The molecule has 0 spiro atoms. The second-order valence-corrected chi connectivity index (χ2v) is 7.93. The van der Waals surface area contributed by atoms with E-state index in [-0.39, 0.29) is 11.8 Å². The van der Waals surface area contributed by atoms with Gasteiger partial charge in [0.05, 0.1) is 11.5 Å². The number of anilines is 1. The van der Waals surface area contributed by atoms with E-state index in [1.165, 1.54) is 5.56 Å². The average molecular weight is 359 g/mol. The van der Waals surface area contributed by atoms with E-state index in [1.807, 2.05) is 32.0 Å². The number of carbonyl (C=O) groups excluding carboxylic acids is 2. The summed E-state index contributed by atoms with van der Waals surface area (Å²) in [7, 11) is 0. The van der Waals surface area contributed by atoms with Crippen LogP contribution in [0.1, 0.15) is 47.3 Å². The average Bonchev–Trinajstić information content (AvgIpc) is 2.90. The minimum absolute atomic E-state index is 0.0764. The van der Waals surface area contributed by atoms with Crippen LogP contribution in [0.5, 0.6) is 0 Å². The molecule has 0 fully saturated rings. The van der Waals surface area contributed by atoms with Crippen LogP contribution >= 0.6 is 0 Å². The minimum atomic E-state index is -0.909. The molecule has 27 heavy (non-hydrogen) atoms. The van der Waals surface area contributed by atoms with E-state index in [1.54, 1.807) is 18.2 Å². The van der Waals surface area contributed by atoms with Gasteiger partial charge in [0.2, 0.25) is 5.91 Å². The van der Waals surface area contributed by atoms with Crippen LogP contribution in [-0.4, -0.2) is 17.4 Å². The monoisotopic (exact) mass is 359 g/mol. The third kappa shape index (κ3) is 2.78. The van der Waals surface area contributed by atoms with Crippen LogP contribution in [0.3, 0.4) is 0 Å². The van der Waals surface area contributed by atoms with Crippen molar-refractivity contribution in [3.05, 3.63) is 64.7 Å². The number of carbonyl (C=O) groups is 2. The van der Waals surface area contributed by atoms with Gasteiger partial charge in [0.1, 0.15) is 5.54 Å². The van der Waals surface area contributed by atoms with Crippen molar-refractivity contribution in [1.29, 1.82) is 5.26 Å². The predicted octanol–water partition coefficient (Wildman–Crippen LogP) is 3.10. The van der Waals surface area contributed by atoms with Gasteiger partial charge in [-0.2, -0.15) is 5.26 Å². The van der Waals surface area contributed by atoms with E-state index in [9.17, 15) is 14.9 Å². The molecule has 0 radical (unpaired) electrons. The lowest BCUT2D eigenvalue weighted by Gasteiger charge is -2.33. The van der Waals surface area contributed by atoms with Crippen LogP contribution in [0.2, 0.25) is 0 Å². The Morgan fingerprint density at radius 3 is 2.67 bits per heavy atom. The molecule has 1 atom stereocenters. The number of benzene rings is 2. The van der Waals surface area contributed by atoms with E-state index < -0.39 is 11.0 Å². The minimum Gasteiger partial charge on any atom is -0.333 e. The molecule has 1 heterocycles. The molecule has 1 aliphatic heterocycles. The molecule has 1 unspecified atom stereocenters. The first-order valence-electron chi connectivity index (χ1n) is 9.11. The molecule has 0 aromatic heterocycles. The maximum absolute atomic E-state index is 12.9. The SMILES string of the molecule is CC1(C)C(=O)Nc2ccc(C(=O)NC3(C#N)CCc4ccccc4C3)cc21. The highest BCUT2D eigenvalue weighted by Gasteiger charge is 2.40. The number of amides is 2. The smallest absolute Gasteiger partial charge is 0.252 e. The van der Waals surface area contributed by atoms with Crippen LogP contribution < -0.4 is 10.6 Å². The third-order valence-corrected chi connectivity index (χ3v) is 5.77. The van der Waals surface area contributed by atoms with Gasteiger partial charge in [0, 0.05) is 17.7 Å². The second-order valence-electron chi connectivity index (χ2n) is 7.93. The Hall–Kier alpha value is -3.13. The Kier molecular flexibility index (Phi) is 3.81. The Morgan fingerprint density at radius 1 is 1.19 bits per heavy atom. The molecule has 2 N–H and O–H groups in total. The lowest BCUT2D eigenvalue weighted by Crippen LogP contribution is -2.51. The molecule has 0 bridgehead atoms. The van der Waals surface area contributed by atoms with Crippen LogP contribution in [0.4, 0.5) is 5.69 Å². The van der Waals surface area contributed by atoms with Crippen molar-refractivity contribution < 1.29 is 9.59 Å². The Morgan fingerprint density at radius 2 is 1.93 bits per heavy atom. The molecular weight excluding hydrogens is 338 g/mol. The molecule has 1 aliphatic carbocycles. The number of nitriles is 1. The zero-order chi connectivity index (χ0) is 19.2. The van der Waals surface area contributed by atoms with Crippen molar-refractivity contribution in [3.63, 3.8) is 0 Å². The molecule has 5 heteroatoms. The normalized spacial score (nSPS) is 22.2. The lowest BCUT2D eigenvalue weighted by molar-refractivity contribution is -0.119. The van der Waals surface area contributed by atoms with Crippen LogP contribution in [-0.2, 0) is 23.1 Å². The van der Waals surface area contributed by atoms with Crippen LogP contribution in [0.25, 0.3) is 0 Å².